The number of allylic oxidation sites excluding steroid dienone is 1. The normalized spacial score (nSPS) is 34.8. The van der Waals surface area contributed by atoms with Crippen LogP contribution in [-0.4, -0.2) is 24.1 Å². The number of nitrogens with one attached hydrogen (secondary N) is 1. The molecule has 2 rings (SSSR count). The van der Waals surface area contributed by atoms with E-state index in [-0.39, 0.29) is 11.8 Å². The van der Waals surface area contributed by atoms with Crippen LogP contribution in [0.1, 0.15) is 32.6 Å². The predicted molar refractivity (Wildman–Crippen MR) is 69.5 cm³/mol. The number of hydrogen-bond acceptors (Lipinski definition) is 3. The molecule has 0 aromatic carbocycles. The van der Waals surface area contributed by atoms with E-state index in [1.807, 2.05) is 18.8 Å². The molecule has 2 nitrogen and oxygen atoms in total. The number of thioether (sulfide) groups is 1. The summed E-state index contributed by atoms with van der Waals surface area (Å²) in [6.45, 7) is 1.69. The van der Waals surface area contributed by atoms with Crippen molar-refractivity contribution in [2.45, 2.75) is 43.9 Å². The molecule has 0 aromatic heterocycles. The SMILES string of the molecule is CNC(CC1CCC2SC=CC2C1)C(C)=O. The Balaban J connectivity index is 1.86. The molecule has 0 spiro atoms. The van der Waals surface area contributed by atoms with Crippen molar-refractivity contribution in [3.8, 4) is 0 Å². The minimum atomic E-state index is 0.0691. The van der Waals surface area contributed by atoms with Crippen molar-refractivity contribution in [2.75, 3.05) is 7.05 Å². The van der Waals surface area contributed by atoms with E-state index in [9.17, 15) is 4.79 Å². The van der Waals surface area contributed by atoms with E-state index < -0.39 is 0 Å². The second-order valence-corrected chi connectivity index (χ2v) is 6.18. The third kappa shape index (κ3) is 2.69. The highest BCUT2D eigenvalue weighted by atomic mass is 32.2. The van der Waals surface area contributed by atoms with Crippen LogP contribution in [-0.2, 0) is 4.79 Å². The Bertz CT molecular complexity index is 290. The third-order valence-corrected chi connectivity index (χ3v) is 5.18. The van der Waals surface area contributed by atoms with Gasteiger partial charge in [-0.05, 0) is 56.9 Å². The number of carbonyl (C=O) groups excluding carboxylic acids is 1. The quantitative estimate of drug-likeness (QED) is 0.817. The molecule has 3 heteroatoms. The highest BCUT2D eigenvalue weighted by Gasteiger charge is 2.32. The van der Waals surface area contributed by atoms with Gasteiger partial charge in [0.2, 0.25) is 0 Å². The zero-order chi connectivity index (χ0) is 11.5. The lowest BCUT2D eigenvalue weighted by Gasteiger charge is -2.32. The van der Waals surface area contributed by atoms with E-state index in [0.29, 0.717) is 0 Å². The van der Waals surface area contributed by atoms with E-state index in [0.717, 1.165) is 23.5 Å². The molecule has 0 radical (unpaired) electrons. The summed E-state index contributed by atoms with van der Waals surface area (Å²) < 4.78 is 0. The Hall–Kier alpha value is -0.280. The maximum absolute atomic E-state index is 11.4. The van der Waals surface area contributed by atoms with E-state index in [2.05, 4.69) is 16.8 Å². The molecule has 16 heavy (non-hydrogen) atoms. The van der Waals surface area contributed by atoms with Gasteiger partial charge in [0.25, 0.3) is 0 Å². The smallest absolute Gasteiger partial charge is 0.146 e. The molecule has 1 aliphatic carbocycles. The molecule has 0 amide bonds. The van der Waals surface area contributed by atoms with Crippen LogP contribution in [0.25, 0.3) is 0 Å². The Labute approximate surface area is 102 Å². The van der Waals surface area contributed by atoms with Crippen LogP contribution >= 0.6 is 11.8 Å². The molecule has 1 heterocycles. The van der Waals surface area contributed by atoms with Crippen LogP contribution in [0.3, 0.4) is 0 Å². The van der Waals surface area contributed by atoms with Crippen molar-refractivity contribution in [3.63, 3.8) is 0 Å². The van der Waals surface area contributed by atoms with Crippen molar-refractivity contribution >= 4 is 17.5 Å². The summed E-state index contributed by atoms with van der Waals surface area (Å²) in [5, 5.41) is 6.23. The van der Waals surface area contributed by atoms with Crippen LogP contribution < -0.4 is 5.32 Å². The number of fused-ring (bicyclic) bond motifs is 1. The molecule has 1 fully saturated rings. The van der Waals surface area contributed by atoms with Crippen molar-refractivity contribution in [2.24, 2.45) is 11.8 Å². The lowest BCUT2D eigenvalue weighted by Crippen LogP contribution is -2.36. The molecule has 1 aliphatic heterocycles. The molecule has 0 bridgehead atoms. The first kappa shape index (κ1) is 12.2. The highest BCUT2D eigenvalue weighted by molar-refractivity contribution is 8.03. The average molecular weight is 239 g/mol. The summed E-state index contributed by atoms with van der Waals surface area (Å²) in [5.74, 6) is 1.78. The van der Waals surface area contributed by atoms with Crippen LogP contribution in [0.15, 0.2) is 11.5 Å². The summed E-state index contributed by atoms with van der Waals surface area (Å²) in [6.07, 6.45) is 7.28. The Morgan fingerprint density at radius 1 is 1.56 bits per heavy atom. The molecule has 0 aromatic rings. The van der Waals surface area contributed by atoms with E-state index in [1.165, 1.54) is 19.3 Å². The van der Waals surface area contributed by atoms with Gasteiger partial charge in [0.05, 0.1) is 6.04 Å². The molecule has 4 atom stereocenters. The second-order valence-electron chi connectivity index (χ2n) is 5.03. The maximum Gasteiger partial charge on any atom is 0.146 e. The minimum Gasteiger partial charge on any atom is -0.311 e. The minimum absolute atomic E-state index is 0.0691. The zero-order valence-electron chi connectivity index (χ0n) is 10.1. The van der Waals surface area contributed by atoms with Gasteiger partial charge in [-0.15, -0.1) is 11.8 Å². The average Bonchev–Trinajstić information content (AvgIpc) is 2.72. The van der Waals surface area contributed by atoms with Crippen molar-refractivity contribution < 1.29 is 4.79 Å². The Morgan fingerprint density at radius 3 is 3.06 bits per heavy atom. The van der Waals surface area contributed by atoms with Gasteiger partial charge in [0, 0.05) is 5.25 Å². The van der Waals surface area contributed by atoms with E-state index in [4.69, 9.17) is 0 Å². The van der Waals surface area contributed by atoms with Gasteiger partial charge >= 0.3 is 0 Å². The Kier molecular flexibility index (Phi) is 4.09. The summed E-state index contributed by atoms with van der Waals surface area (Å²) in [4.78, 5) is 11.4. The van der Waals surface area contributed by atoms with Crippen molar-refractivity contribution in [1.29, 1.82) is 0 Å². The van der Waals surface area contributed by atoms with Gasteiger partial charge in [-0.25, -0.2) is 0 Å². The first-order valence-corrected chi connectivity index (χ1v) is 7.15. The van der Waals surface area contributed by atoms with E-state index in [1.54, 1.807) is 6.92 Å². The lowest BCUT2D eigenvalue weighted by molar-refractivity contribution is -0.119. The molecule has 1 saturated carbocycles. The number of carbonyl (C=O) groups is 1. The van der Waals surface area contributed by atoms with E-state index >= 15 is 0 Å². The first-order chi connectivity index (χ1) is 7.70. The highest BCUT2D eigenvalue weighted by Crippen LogP contribution is 2.43. The fraction of sp³-hybridized carbons (Fsp3) is 0.769. The second kappa shape index (κ2) is 5.37. The van der Waals surface area contributed by atoms with Gasteiger partial charge in [-0.3, -0.25) is 4.79 Å². The Morgan fingerprint density at radius 2 is 2.38 bits per heavy atom. The zero-order valence-corrected chi connectivity index (χ0v) is 10.9. The fourth-order valence-electron chi connectivity index (χ4n) is 2.92. The van der Waals surface area contributed by atoms with Crippen molar-refractivity contribution in [1.82, 2.24) is 5.32 Å². The van der Waals surface area contributed by atoms with Crippen LogP contribution in [0, 0.1) is 11.8 Å². The maximum atomic E-state index is 11.4. The van der Waals surface area contributed by atoms with Gasteiger partial charge < -0.3 is 5.32 Å². The van der Waals surface area contributed by atoms with Gasteiger partial charge in [-0.1, -0.05) is 6.08 Å². The van der Waals surface area contributed by atoms with Crippen LogP contribution in [0.2, 0.25) is 0 Å². The predicted octanol–water partition coefficient (Wildman–Crippen LogP) is 2.60. The van der Waals surface area contributed by atoms with Crippen LogP contribution in [0.5, 0.6) is 0 Å². The number of hydrogen-bond donors (Lipinski definition) is 1. The number of rotatable bonds is 4. The van der Waals surface area contributed by atoms with Crippen LogP contribution in [0.4, 0.5) is 0 Å². The molecule has 2 aliphatic rings. The fourth-order valence-corrected chi connectivity index (χ4v) is 4.09. The number of likely N-dealkylation sites (N-methyl/N-ethyl adjacent to an activating group) is 1. The summed E-state index contributed by atoms with van der Waals surface area (Å²) in [5.41, 5.74) is 0. The third-order valence-electron chi connectivity index (χ3n) is 3.93. The largest absolute Gasteiger partial charge is 0.311 e. The molecular formula is C13H21NOS. The lowest BCUT2D eigenvalue weighted by atomic mass is 9.78. The number of ketones is 1. The van der Waals surface area contributed by atoms with Gasteiger partial charge in [0.15, 0.2) is 0 Å². The summed E-state index contributed by atoms with van der Waals surface area (Å²) in [7, 11) is 1.89. The molecular weight excluding hydrogens is 218 g/mol. The molecule has 0 saturated heterocycles. The summed E-state index contributed by atoms with van der Waals surface area (Å²) in [6, 6.07) is 0.0691. The summed E-state index contributed by atoms with van der Waals surface area (Å²) >= 11 is 2.00. The molecule has 1 N–H and O–H groups in total. The standard InChI is InChI=1S/C13H21NOS/c1-9(15)12(14-2)8-10-3-4-13-11(7-10)5-6-16-13/h5-6,10-14H,3-4,7-8H2,1-2H3. The topological polar surface area (TPSA) is 29.1 Å². The van der Waals surface area contributed by atoms with Crippen molar-refractivity contribution in [3.05, 3.63) is 11.5 Å². The van der Waals surface area contributed by atoms with Gasteiger partial charge in [-0.2, -0.15) is 0 Å². The molecule has 4 unspecified atom stereocenters. The van der Waals surface area contributed by atoms with Gasteiger partial charge in [0.1, 0.15) is 5.78 Å². The first-order valence-electron chi connectivity index (χ1n) is 6.20. The number of Topliss-reactive ketones (excluding diaryl/α,β-unsaturated/α-hetero) is 1. The molecule has 90 valence electrons. The monoisotopic (exact) mass is 239 g/mol.